The van der Waals surface area contributed by atoms with Gasteiger partial charge in [0.2, 0.25) is 0 Å². The second-order valence-electron chi connectivity index (χ2n) is 2.81. The van der Waals surface area contributed by atoms with E-state index in [4.69, 9.17) is 0 Å². The molecule has 0 radical (unpaired) electrons. The Morgan fingerprint density at radius 2 is 2.10 bits per heavy atom. The number of hydrogen-bond donors (Lipinski definition) is 2. The number of rotatable bonds is 1. The Hall–Kier alpha value is 0.210. The van der Waals surface area contributed by atoms with Gasteiger partial charge in [-0.05, 0) is 32.7 Å². The van der Waals surface area contributed by atoms with Crippen LogP contribution in [0, 0.1) is 0 Å². The molecule has 0 bridgehead atoms. The van der Waals surface area contributed by atoms with Gasteiger partial charge in [-0.1, -0.05) is 0 Å². The van der Waals surface area contributed by atoms with Gasteiger partial charge in [-0.25, -0.2) is 0 Å². The molecule has 1 fully saturated rings. The molecule has 0 aromatic rings. The first-order valence-electron chi connectivity index (χ1n) is 3.68. The van der Waals surface area contributed by atoms with E-state index in [0.29, 0.717) is 6.04 Å². The maximum Gasteiger partial charge on any atom is 0.0555 e. The monoisotopic (exact) mass is 165 g/mol. The molecule has 0 unspecified atom stereocenters. The molecular weight excluding hydrogens is 150 g/mol. The van der Waals surface area contributed by atoms with E-state index in [-0.39, 0.29) is 18.5 Å². The van der Waals surface area contributed by atoms with Gasteiger partial charge in [-0.15, -0.1) is 12.4 Å². The van der Waals surface area contributed by atoms with Gasteiger partial charge in [0.05, 0.1) is 6.10 Å². The molecule has 1 aliphatic carbocycles. The lowest BCUT2D eigenvalue weighted by Gasteiger charge is -2.24. The second kappa shape index (κ2) is 4.94. The van der Waals surface area contributed by atoms with Gasteiger partial charge in [0.15, 0.2) is 0 Å². The highest BCUT2D eigenvalue weighted by Crippen LogP contribution is 2.17. The van der Waals surface area contributed by atoms with Gasteiger partial charge in [0.1, 0.15) is 0 Å². The standard InChI is InChI=1S/C7H15NO.ClH/c1-8-6-3-2-4-7(9)5-6;/h6-9H,2-5H2,1H3;1H/t6-,7-;/m0./s1. The molecule has 0 aromatic carbocycles. The molecule has 2 N–H and O–H groups in total. The minimum Gasteiger partial charge on any atom is -0.393 e. The van der Waals surface area contributed by atoms with E-state index < -0.39 is 0 Å². The maximum atomic E-state index is 9.17. The predicted octanol–water partition coefficient (Wildman–Crippen LogP) is 0.931. The van der Waals surface area contributed by atoms with E-state index >= 15 is 0 Å². The first-order chi connectivity index (χ1) is 4.33. The Kier molecular flexibility index (Phi) is 5.04. The van der Waals surface area contributed by atoms with Gasteiger partial charge in [0.25, 0.3) is 0 Å². The van der Waals surface area contributed by atoms with Crippen molar-refractivity contribution in [3.63, 3.8) is 0 Å². The van der Waals surface area contributed by atoms with Crippen molar-refractivity contribution in [1.82, 2.24) is 5.32 Å². The summed E-state index contributed by atoms with van der Waals surface area (Å²) in [4.78, 5) is 0. The number of aliphatic hydroxyl groups excluding tert-OH is 1. The lowest BCUT2D eigenvalue weighted by molar-refractivity contribution is 0.114. The van der Waals surface area contributed by atoms with Crippen LogP contribution in [0.1, 0.15) is 25.7 Å². The summed E-state index contributed by atoms with van der Waals surface area (Å²) in [6.45, 7) is 0. The Morgan fingerprint density at radius 3 is 2.50 bits per heavy atom. The summed E-state index contributed by atoms with van der Waals surface area (Å²) >= 11 is 0. The average Bonchev–Trinajstić information content (AvgIpc) is 1.88. The Morgan fingerprint density at radius 1 is 1.40 bits per heavy atom. The van der Waals surface area contributed by atoms with Crippen LogP contribution in [-0.4, -0.2) is 24.3 Å². The van der Waals surface area contributed by atoms with Crippen LogP contribution in [0.3, 0.4) is 0 Å². The third kappa shape index (κ3) is 2.86. The van der Waals surface area contributed by atoms with E-state index in [1.54, 1.807) is 0 Å². The van der Waals surface area contributed by atoms with Gasteiger partial charge in [-0.3, -0.25) is 0 Å². The van der Waals surface area contributed by atoms with Crippen molar-refractivity contribution >= 4 is 12.4 Å². The van der Waals surface area contributed by atoms with Crippen molar-refractivity contribution in [3.05, 3.63) is 0 Å². The molecule has 2 atom stereocenters. The summed E-state index contributed by atoms with van der Waals surface area (Å²) in [6.07, 6.45) is 4.30. The second-order valence-corrected chi connectivity index (χ2v) is 2.81. The minimum atomic E-state index is -0.0452. The van der Waals surface area contributed by atoms with Crippen molar-refractivity contribution in [3.8, 4) is 0 Å². The first kappa shape index (κ1) is 10.2. The molecule has 0 amide bonds. The van der Waals surface area contributed by atoms with Gasteiger partial charge < -0.3 is 10.4 Å². The van der Waals surface area contributed by atoms with Crippen LogP contribution < -0.4 is 5.32 Å². The largest absolute Gasteiger partial charge is 0.393 e. The molecule has 2 nitrogen and oxygen atoms in total. The van der Waals surface area contributed by atoms with Crippen molar-refractivity contribution in [1.29, 1.82) is 0 Å². The van der Waals surface area contributed by atoms with Crippen LogP contribution in [0.25, 0.3) is 0 Å². The van der Waals surface area contributed by atoms with Crippen LogP contribution >= 0.6 is 12.4 Å². The fourth-order valence-corrected chi connectivity index (χ4v) is 1.43. The summed E-state index contributed by atoms with van der Waals surface area (Å²) in [5.74, 6) is 0. The molecule has 0 spiro atoms. The summed E-state index contributed by atoms with van der Waals surface area (Å²) < 4.78 is 0. The van der Waals surface area contributed by atoms with Crippen molar-refractivity contribution in [2.24, 2.45) is 0 Å². The zero-order valence-electron chi connectivity index (χ0n) is 6.34. The third-order valence-electron chi connectivity index (χ3n) is 2.05. The molecule has 62 valence electrons. The van der Waals surface area contributed by atoms with Crippen molar-refractivity contribution in [2.45, 2.75) is 37.8 Å². The molecule has 3 heteroatoms. The van der Waals surface area contributed by atoms with E-state index in [0.717, 1.165) is 12.8 Å². The molecule has 0 aliphatic heterocycles. The zero-order chi connectivity index (χ0) is 6.69. The lowest BCUT2D eigenvalue weighted by atomic mass is 9.93. The summed E-state index contributed by atoms with van der Waals surface area (Å²) in [7, 11) is 1.96. The molecule has 1 rings (SSSR count). The Bertz CT molecular complexity index is 89.7. The maximum absolute atomic E-state index is 9.17. The highest BCUT2D eigenvalue weighted by molar-refractivity contribution is 5.85. The fourth-order valence-electron chi connectivity index (χ4n) is 1.43. The van der Waals surface area contributed by atoms with E-state index in [1.807, 2.05) is 7.05 Å². The van der Waals surface area contributed by atoms with Crippen LogP contribution in [0.5, 0.6) is 0 Å². The highest BCUT2D eigenvalue weighted by atomic mass is 35.5. The molecule has 0 saturated heterocycles. The minimum absolute atomic E-state index is 0. The molecule has 1 aliphatic rings. The normalized spacial score (nSPS) is 33.0. The number of aliphatic hydroxyl groups is 1. The third-order valence-corrected chi connectivity index (χ3v) is 2.05. The number of halogens is 1. The van der Waals surface area contributed by atoms with E-state index in [1.165, 1.54) is 12.8 Å². The molecule has 0 heterocycles. The summed E-state index contributed by atoms with van der Waals surface area (Å²) in [6, 6.07) is 0.564. The van der Waals surface area contributed by atoms with Crippen LogP contribution in [0.2, 0.25) is 0 Å². The molecular formula is C7H16ClNO. The highest BCUT2D eigenvalue weighted by Gasteiger charge is 2.17. The lowest BCUT2D eigenvalue weighted by Crippen LogP contribution is -2.33. The van der Waals surface area contributed by atoms with Gasteiger partial charge in [0, 0.05) is 6.04 Å². The van der Waals surface area contributed by atoms with E-state index in [2.05, 4.69) is 5.32 Å². The number of hydrogen-bond acceptors (Lipinski definition) is 2. The van der Waals surface area contributed by atoms with E-state index in [9.17, 15) is 5.11 Å². The fraction of sp³-hybridized carbons (Fsp3) is 1.00. The Balaban J connectivity index is 0.000000810. The quantitative estimate of drug-likeness (QED) is 0.606. The predicted molar refractivity (Wildman–Crippen MR) is 44.6 cm³/mol. The number of nitrogens with one attached hydrogen (secondary N) is 1. The summed E-state index contributed by atoms with van der Waals surface area (Å²) in [5, 5.41) is 12.3. The SMILES string of the molecule is CN[C@H]1CCC[C@H](O)C1.Cl. The summed E-state index contributed by atoms with van der Waals surface area (Å²) in [5.41, 5.74) is 0. The Labute approximate surface area is 68.4 Å². The smallest absolute Gasteiger partial charge is 0.0555 e. The zero-order valence-corrected chi connectivity index (χ0v) is 7.16. The topological polar surface area (TPSA) is 32.3 Å². The molecule has 1 saturated carbocycles. The molecule has 0 aromatic heterocycles. The van der Waals surface area contributed by atoms with Gasteiger partial charge >= 0.3 is 0 Å². The molecule has 10 heavy (non-hydrogen) atoms. The van der Waals surface area contributed by atoms with Crippen molar-refractivity contribution in [2.75, 3.05) is 7.05 Å². The van der Waals surface area contributed by atoms with Crippen molar-refractivity contribution < 1.29 is 5.11 Å². The average molecular weight is 166 g/mol. The van der Waals surface area contributed by atoms with Crippen LogP contribution in [-0.2, 0) is 0 Å². The van der Waals surface area contributed by atoms with Crippen LogP contribution in [0.15, 0.2) is 0 Å². The first-order valence-corrected chi connectivity index (χ1v) is 3.68. The van der Waals surface area contributed by atoms with Crippen LogP contribution in [0.4, 0.5) is 0 Å². The van der Waals surface area contributed by atoms with Gasteiger partial charge in [-0.2, -0.15) is 0 Å².